The second-order valence-corrected chi connectivity index (χ2v) is 3.07. The van der Waals surface area contributed by atoms with Crippen molar-refractivity contribution < 1.29 is 4.79 Å². The van der Waals surface area contributed by atoms with Crippen molar-refractivity contribution in [1.29, 1.82) is 0 Å². The first-order chi connectivity index (χ1) is 5.88. The Hall–Kier alpha value is -0.810. The number of nitrogens with zero attached hydrogens (tertiary/aromatic N) is 1. The number of rotatable bonds is 2. The summed E-state index contributed by atoms with van der Waals surface area (Å²) in [5, 5.41) is 0. The first kappa shape index (κ1) is 9.28. The number of hydrogen-bond acceptors (Lipinski definition) is 2. The molecule has 2 nitrogen and oxygen atoms in total. The molecule has 0 radical (unpaired) electrons. The maximum absolute atomic E-state index is 10.7. The van der Waals surface area contributed by atoms with Crippen LogP contribution in [-0.2, 0) is 4.79 Å². The van der Waals surface area contributed by atoms with E-state index in [-0.39, 0.29) is 6.04 Å². The van der Waals surface area contributed by atoms with Gasteiger partial charge in [-0.05, 0) is 32.9 Å². The lowest BCUT2D eigenvalue weighted by Crippen LogP contribution is -2.39. The van der Waals surface area contributed by atoms with Gasteiger partial charge in [0.15, 0.2) is 0 Å². The number of aldehydes is 1. The van der Waals surface area contributed by atoms with Crippen molar-refractivity contribution in [3.63, 3.8) is 0 Å². The van der Waals surface area contributed by atoms with Gasteiger partial charge in [0.2, 0.25) is 0 Å². The highest BCUT2D eigenvalue weighted by molar-refractivity contribution is 5.63. The van der Waals surface area contributed by atoms with Crippen LogP contribution in [0.25, 0.3) is 0 Å². The summed E-state index contributed by atoms with van der Waals surface area (Å²) in [6.07, 6.45) is 4.65. The molecule has 1 aliphatic heterocycles. The van der Waals surface area contributed by atoms with Gasteiger partial charge in [0, 0.05) is 0 Å². The van der Waals surface area contributed by atoms with E-state index in [4.69, 9.17) is 0 Å². The van der Waals surface area contributed by atoms with Crippen LogP contribution < -0.4 is 0 Å². The zero-order chi connectivity index (χ0) is 8.81. The molecule has 0 spiro atoms. The number of carbonyl (C=O) groups is 1. The highest BCUT2D eigenvalue weighted by Gasteiger charge is 2.17. The van der Waals surface area contributed by atoms with Crippen LogP contribution in [0.4, 0.5) is 0 Å². The lowest BCUT2D eigenvalue weighted by atomic mass is 10.1. The van der Waals surface area contributed by atoms with Gasteiger partial charge in [-0.25, -0.2) is 0 Å². The molecule has 66 valence electrons. The summed E-state index contributed by atoms with van der Waals surface area (Å²) in [6.45, 7) is 3.83. The molecule has 0 saturated carbocycles. The molecule has 0 aromatic rings. The van der Waals surface area contributed by atoms with Gasteiger partial charge in [0.1, 0.15) is 12.3 Å². The Labute approximate surface area is 73.9 Å². The van der Waals surface area contributed by atoms with Crippen molar-refractivity contribution in [2.24, 2.45) is 0 Å². The first-order valence-corrected chi connectivity index (χ1v) is 4.50. The average Bonchev–Trinajstić information content (AvgIpc) is 2.15. The van der Waals surface area contributed by atoms with E-state index in [1.807, 2.05) is 0 Å². The maximum Gasteiger partial charge on any atom is 0.149 e. The van der Waals surface area contributed by atoms with Crippen molar-refractivity contribution in [1.82, 2.24) is 4.90 Å². The van der Waals surface area contributed by atoms with Gasteiger partial charge in [-0.3, -0.25) is 4.90 Å². The van der Waals surface area contributed by atoms with Gasteiger partial charge in [-0.15, -0.1) is 5.92 Å². The smallest absolute Gasteiger partial charge is 0.149 e. The SMILES string of the molecule is CC#CC(C=O)N1CCCCC1. The summed E-state index contributed by atoms with van der Waals surface area (Å²) >= 11 is 0. The van der Waals surface area contributed by atoms with Gasteiger partial charge in [-0.2, -0.15) is 0 Å². The fourth-order valence-corrected chi connectivity index (χ4v) is 1.56. The lowest BCUT2D eigenvalue weighted by molar-refractivity contribution is -0.111. The molecule has 0 aliphatic carbocycles. The highest BCUT2D eigenvalue weighted by Crippen LogP contribution is 2.10. The Morgan fingerprint density at radius 3 is 2.50 bits per heavy atom. The molecule has 1 aliphatic rings. The minimum atomic E-state index is -0.157. The van der Waals surface area contributed by atoms with Crippen LogP contribution in [0.3, 0.4) is 0 Å². The monoisotopic (exact) mass is 165 g/mol. The maximum atomic E-state index is 10.7. The predicted octanol–water partition coefficient (Wildman–Crippen LogP) is 1.06. The molecular weight excluding hydrogens is 150 g/mol. The molecule has 0 amide bonds. The standard InChI is InChI=1S/C10H15NO/c1-2-6-10(9-12)11-7-4-3-5-8-11/h9-10H,3-5,7-8H2,1H3. The van der Waals surface area contributed by atoms with Gasteiger partial charge < -0.3 is 4.79 Å². The Bertz CT molecular complexity index is 196. The van der Waals surface area contributed by atoms with Crippen LogP contribution in [0.1, 0.15) is 26.2 Å². The second kappa shape index (κ2) is 4.95. The van der Waals surface area contributed by atoms with E-state index >= 15 is 0 Å². The van der Waals surface area contributed by atoms with E-state index in [0.29, 0.717) is 0 Å². The molecule has 2 heteroatoms. The fraction of sp³-hybridized carbons (Fsp3) is 0.700. The highest BCUT2D eigenvalue weighted by atomic mass is 16.1. The first-order valence-electron chi connectivity index (χ1n) is 4.50. The number of piperidine rings is 1. The minimum Gasteiger partial charge on any atom is -0.301 e. The Morgan fingerprint density at radius 1 is 1.33 bits per heavy atom. The summed E-state index contributed by atoms with van der Waals surface area (Å²) in [7, 11) is 0. The Kier molecular flexibility index (Phi) is 3.83. The number of likely N-dealkylation sites (tertiary alicyclic amines) is 1. The van der Waals surface area contributed by atoms with Crippen LogP contribution in [0.2, 0.25) is 0 Å². The van der Waals surface area contributed by atoms with Crippen molar-refractivity contribution in [3.05, 3.63) is 0 Å². The summed E-state index contributed by atoms with van der Waals surface area (Å²) in [5.74, 6) is 5.70. The van der Waals surface area contributed by atoms with Crippen LogP contribution >= 0.6 is 0 Å². The third-order valence-electron chi connectivity index (χ3n) is 2.21. The largest absolute Gasteiger partial charge is 0.301 e. The number of hydrogen-bond donors (Lipinski definition) is 0. The van der Waals surface area contributed by atoms with Crippen LogP contribution in [0.5, 0.6) is 0 Å². The molecule has 1 saturated heterocycles. The van der Waals surface area contributed by atoms with Crippen molar-refractivity contribution in [2.45, 2.75) is 32.2 Å². The normalized spacial score (nSPS) is 20.8. The topological polar surface area (TPSA) is 20.3 Å². The third-order valence-corrected chi connectivity index (χ3v) is 2.21. The minimum absolute atomic E-state index is 0.157. The summed E-state index contributed by atoms with van der Waals surface area (Å²) in [4.78, 5) is 12.8. The van der Waals surface area contributed by atoms with Gasteiger partial charge in [0.25, 0.3) is 0 Å². The van der Waals surface area contributed by atoms with Gasteiger partial charge >= 0.3 is 0 Å². The van der Waals surface area contributed by atoms with E-state index in [1.165, 1.54) is 19.3 Å². The third kappa shape index (κ3) is 2.35. The van der Waals surface area contributed by atoms with Gasteiger partial charge in [-0.1, -0.05) is 12.3 Å². The average molecular weight is 165 g/mol. The van der Waals surface area contributed by atoms with Gasteiger partial charge in [0.05, 0.1) is 0 Å². The predicted molar refractivity (Wildman–Crippen MR) is 48.7 cm³/mol. The molecule has 0 bridgehead atoms. The molecule has 12 heavy (non-hydrogen) atoms. The molecule has 1 unspecified atom stereocenters. The molecule has 1 rings (SSSR count). The molecule has 1 fully saturated rings. The van der Waals surface area contributed by atoms with E-state index in [9.17, 15) is 4.79 Å². The molecular formula is C10H15NO. The Morgan fingerprint density at radius 2 is 2.00 bits per heavy atom. The number of carbonyl (C=O) groups excluding carboxylic acids is 1. The zero-order valence-electron chi connectivity index (χ0n) is 7.55. The van der Waals surface area contributed by atoms with Crippen molar-refractivity contribution in [3.8, 4) is 11.8 Å². The quantitative estimate of drug-likeness (QED) is 0.450. The van der Waals surface area contributed by atoms with E-state index in [0.717, 1.165) is 19.4 Å². The summed E-state index contributed by atoms with van der Waals surface area (Å²) < 4.78 is 0. The molecule has 0 aromatic carbocycles. The molecule has 1 heterocycles. The Balaban J connectivity index is 2.49. The van der Waals surface area contributed by atoms with E-state index < -0.39 is 0 Å². The van der Waals surface area contributed by atoms with E-state index in [1.54, 1.807) is 6.92 Å². The van der Waals surface area contributed by atoms with Crippen LogP contribution in [0.15, 0.2) is 0 Å². The lowest BCUT2D eigenvalue weighted by Gasteiger charge is -2.28. The van der Waals surface area contributed by atoms with Crippen molar-refractivity contribution >= 4 is 6.29 Å². The second-order valence-electron chi connectivity index (χ2n) is 3.07. The fourth-order valence-electron chi connectivity index (χ4n) is 1.56. The molecule has 1 atom stereocenters. The van der Waals surface area contributed by atoms with Crippen molar-refractivity contribution in [2.75, 3.05) is 13.1 Å². The summed E-state index contributed by atoms with van der Waals surface area (Å²) in [6, 6.07) is -0.157. The molecule has 0 aromatic heterocycles. The summed E-state index contributed by atoms with van der Waals surface area (Å²) in [5.41, 5.74) is 0. The molecule has 0 N–H and O–H groups in total. The van der Waals surface area contributed by atoms with Crippen LogP contribution in [0, 0.1) is 11.8 Å². The zero-order valence-corrected chi connectivity index (χ0v) is 7.55. The van der Waals surface area contributed by atoms with E-state index in [2.05, 4.69) is 16.7 Å². The van der Waals surface area contributed by atoms with Crippen LogP contribution in [-0.4, -0.2) is 30.3 Å².